The molecule has 1 amide bonds. The second-order valence-corrected chi connectivity index (χ2v) is 4.96. The van der Waals surface area contributed by atoms with Crippen molar-refractivity contribution in [2.75, 3.05) is 12.4 Å². The summed E-state index contributed by atoms with van der Waals surface area (Å²) in [5.41, 5.74) is 4.72. The first kappa shape index (κ1) is 14.1. The summed E-state index contributed by atoms with van der Waals surface area (Å²) in [4.78, 5) is 12.4. The zero-order chi connectivity index (χ0) is 14.7. The summed E-state index contributed by atoms with van der Waals surface area (Å²) in [6.07, 6.45) is 0. The Labute approximate surface area is 119 Å². The van der Waals surface area contributed by atoms with Crippen molar-refractivity contribution in [2.45, 2.75) is 20.8 Å². The van der Waals surface area contributed by atoms with Crippen molar-refractivity contribution >= 4 is 11.6 Å². The number of rotatable bonds is 3. The van der Waals surface area contributed by atoms with Crippen LogP contribution in [0, 0.1) is 20.8 Å². The number of hydrogen-bond donors (Lipinski definition) is 1. The van der Waals surface area contributed by atoms with Crippen LogP contribution in [0.1, 0.15) is 27.0 Å². The van der Waals surface area contributed by atoms with Gasteiger partial charge in [0.15, 0.2) is 0 Å². The lowest BCUT2D eigenvalue weighted by Crippen LogP contribution is -2.13. The molecule has 0 aliphatic heterocycles. The Morgan fingerprint density at radius 2 is 1.75 bits per heavy atom. The number of aryl methyl sites for hydroxylation is 3. The molecular formula is C17H19NO2. The molecule has 0 heterocycles. The van der Waals surface area contributed by atoms with E-state index in [9.17, 15) is 4.79 Å². The van der Waals surface area contributed by atoms with Gasteiger partial charge in [0.2, 0.25) is 0 Å². The molecule has 2 rings (SSSR count). The summed E-state index contributed by atoms with van der Waals surface area (Å²) in [6, 6.07) is 11.4. The van der Waals surface area contributed by atoms with Crippen LogP contribution in [-0.2, 0) is 0 Å². The molecule has 20 heavy (non-hydrogen) atoms. The monoisotopic (exact) mass is 269 g/mol. The molecule has 0 radical (unpaired) electrons. The average molecular weight is 269 g/mol. The van der Waals surface area contributed by atoms with E-state index in [4.69, 9.17) is 4.74 Å². The van der Waals surface area contributed by atoms with Crippen LogP contribution >= 0.6 is 0 Å². The predicted octanol–water partition coefficient (Wildman–Crippen LogP) is 3.87. The van der Waals surface area contributed by atoms with Crippen LogP contribution in [0.25, 0.3) is 0 Å². The molecule has 0 bridgehead atoms. The number of amides is 1. The third-order valence-corrected chi connectivity index (χ3v) is 3.36. The van der Waals surface area contributed by atoms with E-state index in [1.54, 1.807) is 7.11 Å². The summed E-state index contributed by atoms with van der Waals surface area (Å²) in [7, 11) is 1.57. The average Bonchev–Trinajstić information content (AvgIpc) is 2.43. The number of carbonyl (C=O) groups is 1. The number of methoxy groups -OCH3 is 1. The van der Waals surface area contributed by atoms with Gasteiger partial charge in [-0.2, -0.15) is 0 Å². The van der Waals surface area contributed by atoms with E-state index >= 15 is 0 Å². The van der Waals surface area contributed by atoms with Gasteiger partial charge in [0, 0.05) is 5.69 Å². The topological polar surface area (TPSA) is 38.3 Å². The van der Waals surface area contributed by atoms with Crippen LogP contribution in [0.15, 0.2) is 36.4 Å². The molecule has 3 nitrogen and oxygen atoms in total. The van der Waals surface area contributed by atoms with Gasteiger partial charge >= 0.3 is 0 Å². The Kier molecular flexibility index (Phi) is 4.08. The third-order valence-electron chi connectivity index (χ3n) is 3.36. The van der Waals surface area contributed by atoms with Crippen molar-refractivity contribution in [1.82, 2.24) is 0 Å². The first-order valence-electron chi connectivity index (χ1n) is 6.54. The first-order valence-corrected chi connectivity index (χ1v) is 6.54. The molecule has 3 heteroatoms. The maximum atomic E-state index is 12.4. The fourth-order valence-corrected chi connectivity index (χ4v) is 2.02. The van der Waals surface area contributed by atoms with Crippen molar-refractivity contribution in [3.8, 4) is 5.75 Å². The molecule has 2 aromatic carbocycles. The summed E-state index contributed by atoms with van der Waals surface area (Å²) in [5, 5.41) is 2.91. The molecule has 0 aromatic heterocycles. The summed E-state index contributed by atoms with van der Waals surface area (Å²) < 4.78 is 5.24. The van der Waals surface area contributed by atoms with Crippen LogP contribution in [-0.4, -0.2) is 13.0 Å². The van der Waals surface area contributed by atoms with Crippen LogP contribution < -0.4 is 10.1 Å². The maximum absolute atomic E-state index is 12.4. The van der Waals surface area contributed by atoms with Crippen molar-refractivity contribution < 1.29 is 9.53 Å². The summed E-state index contributed by atoms with van der Waals surface area (Å²) in [5.74, 6) is 0.422. The van der Waals surface area contributed by atoms with Crippen LogP contribution in [0.3, 0.4) is 0 Å². The normalized spacial score (nSPS) is 10.2. The highest BCUT2D eigenvalue weighted by Crippen LogP contribution is 2.22. The highest BCUT2D eigenvalue weighted by molar-refractivity contribution is 6.06. The number of ether oxygens (including phenoxy) is 1. The molecule has 0 atom stereocenters. The van der Waals surface area contributed by atoms with Crippen LogP contribution in [0.5, 0.6) is 5.75 Å². The Hall–Kier alpha value is -2.29. The Balaban J connectivity index is 2.27. The Morgan fingerprint density at radius 3 is 2.40 bits per heavy atom. The van der Waals surface area contributed by atoms with E-state index in [1.165, 1.54) is 5.56 Å². The molecule has 2 aromatic rings. The zero-order valence-corrected chi connectivity index (χ0v) is 12.3. The number of carbonyl (C=O) groups excluding carboxylic acids is 1. The van der Waals surface area contributed by atoms with E-state index in [-0.39, 0.29) is 5.91 Å². The van der Waals surface area contributed by atoms with E-state index in [0.717, 1.165) is 16.8 Å². The fraction of sp³-hybridized carbons (Fsp3) is 0.235. The Bertz CT molecular complexity index is 647. The van der Waals surface area contributed by atoms with E-state index in [1.807, 2.05) is 57.2 Å². The standard InChI is InChI=1S/C17H19NO2/c1-11-5-8-16(20-4)15(9-11)17(19)18-14-7-6-12(2)13(3)10-14/h5-10H,1-4H3,(H,18,19). The minimum absolute atomic E-state index is 0.159. The largest absolute Gasteiger partial charge is 0.496 e. The van der Waals surface area contributed by atoms with Gasteiger partial charge in [-0.05, 0) is 56.2 Å². The predicted molar refractivity (Wildman–Crippen MR) is 81.6 cm³/mol. The van der Waals surface area contributed by atoms with Crippen molar-refractivity contribution in [3.05, 3.63) is 58.7 Å². The maximum Gasteiger partial charge on any atom is 0.259 e. The minimum atomic E-state index is -0.159. The molecule has 104 valence electrons. The van der Waals surface area contributed by atoms with Gasteiger partial charge in [-0.1, -0.05) is 17.7 Å². The SMILES string of the molecule is COc1ccc(C)cc1C(=O)Nc1ccc(C)c(C)c1. The van der Waals surface area contributed by atoms with E-state index < -0.39 is 0 Å². The number of nitrogens with one attached hydrogen (secondary N) is 1. The molecule has 0 unspecified atom stereocenters. The highest BCUT2D eigenvalue weighted by atomic mass is 16.5. The molecule has 1 N–H and O–H groups in total. The fourth-order valence-electron chi connectivity index (χ4n) is 2.02. The summed E-state index contributed by atoms with van der Waals surface area (Å²) >= 11 is 0. The quantitative estimate of drug-likeness (QED) is 0.918. The zero-order valence-electron chi connectivity index (χ0n) is 12.3. The molecule has 0 saturated heterocycles. The second-order valence-electron chi connectivity index (χ2n) is 4.96. The lowest BCUT2D eigenvalue weighted by Gasteiger charge is -2.11. The van der Waals surface area contributed by atoms with Gasteiger partial charge < -0.3 is 10.1 Å². The molecule has 0 aliphatic rings. The first-order chi connectivity index (χ1) is 9.51. The number of anilines is 1. The molecule has 0 saturated carbocycles. The minimum Gasteiger partial charge on any atom is -0.496 e. The van der Waals surface area contributed by atoms with Crippen LogP contribution in [0.4, 0.5) is 5.69 Å². The molecule has 0 spiro atoms. The molecule has 0 fully saturated rings. The smallest absolute Gasteiger partial charge is 0.259 e. The van der Waals surface area contributed by atoms with Gasteiger partial charge in [0.05, 0.1) is 12.7 Å². The van der Waals surface area contributed by atoms with Crippen molar-refractivity contribution in [1.29, 1.82) is 0 Å². The van der Waals surface area contributed by atoms with E-state index in [0.29, 0.717) is 11.3 Å². The third kappa shape index (κ3) is 2.99. The van der Waals surface area contributed by atoms with E-state index in [2.05, 4.69) is 5.32 Å². The van der Waals surface area contributed by atoms with Gasteiger partial charge in [-0.25, -0.2) is 0 Å². The van der Waals surface area contributed by atoms with Gasteiger partial charge in [0.1, 0.15) is 5.75 Å². The molecular weight excluding hydrogens is 250 g/mol. The molecule has 0 aliphatic carbocycles. The van der Waals surface area contributed by atoms with Gasteiger partial charge in [-0.3, -0.25) is 4.79 Å². The van der Waals surface area contributed by atoms with Crippen molar-refractivity contribution in [2.24, 2.45) is 0 Å². The summed E-state index contributed by atoms with van der Waals surface area (Å²) in [6.45, 7) is 6.02. The number of hydrogen-bond acceptors (Lipinski definition) is 2. The highest BCUT2D eigenvalue weighted by Gasteiger charge is 2.12. The van der Waals surface area contributed by atoms with Crippen LogP contribution in [0.2, 0.25) is 0 Å². The lowest BCUT2D eigenvalue weighted by atomic mass is 10.1. The number of benzene rings is 2. The van der Waals surface area contributed by atoms with Gasteiger partial charge in [-0.15, -0.1) is 0 Å². The van der Waals surface area contributed by atoms with Gasteiger partial charge in [0.25, 0.3) is 5.91 Å². The second kappa shape index (κ2) is 5.78. The Morgan fingerprint density at radius 1 is 1.00 bits per heavy atom. The van der Waals surface area contributed by atoms with Crippen molar-refractivity contribution in [3.63, 3.8) is 0 Å². The lowest BCUT2D eigenvalue weighted by molar-refractivity contribution is 0.102.